The van der Waals surface area contributed by atoms with Crippen molar-refractivity contribution in [1.82, 2.24) is 9.80 Å². The molecule has 0 fully saturated rings. The Bertz CT molecular complexity index is 2140. The maximum absolute atomic E-state index is 15.3. The van der Waals surface area contributed by atoms with Gasteiger partial charge in [-0.15, -0.1) is 22.7 Å². The summed E-state index contributed by atoms with van der Waals surface area (Å²) in [6.45, 7) is 14.4. The van der Waals surface area contributed by atoms with E-state index in [4.69, 9.17) is 26.7 Å². The summed E-state index contributed by atoms with van der Waals surface area (Å²) in [5.74, 6) is 1.39. The van der Waals surface area contributed by atoms with Crippen molar-refractivity contribution in [2.24, 2.45) is 29.0 Å². The summed E-state index contributed by atoms with van der Waals surface area (Å²) in [7, 11) is 0. The van der Waals surface area contributed by atoms with Crippen molar-refractivity contribution in [2.75, 3.05) is 19.7 Å². The van der Waals surface area contributed by atoms with Gasteiger partial charge in [-0.1, -0.05) is 80.1 Å². The van der Waals surface area contributed by atoms with E-state index in [-0.39, 0.29) is 42.0 Å². The Kier molecular flexibility index (Phi) is 16.4. The highest BCUT2D eigenvalue weighted by Gasteiger charge is 2.50. The Morgan fingerprint density at radius 3 is 1.38 bits per heavy atom. The number of carbonyl (C=O) groups is 2. The van der Waals surface area contributed by atoms with Crippen molar-refractivity contribution < 1.29 is 19.1 Å². The van der Waals surface area contributed by atoms with Gasteiger partial charge < -0.3 is 30.7 Å². The SMILES string of the molecule is CCCCOc1ccc(-c2ccc(C3=C4C(=O)N(CC(CC)C(N)CCC)C(c5ccc(-c6ccc(OC(N)CCC)cc6)s5)=C4C(=O)N3CC(CC)C(N)CCC)s2)cc1. The summed E-state index contributed by atoms with van der Waals surface area (Å²) in [6, 6.07) is 24.3. The average Bonchev–Trinajstić information content (AvgIpc) is 4.05. The van der Waals surface area contributed by atoms with Gasteiger partial charge in [0.25, 0.3) is 11.8 Å². The zero-order valence-electron chi connectivity index (χ0n) is 37.1. The van der Waals surface area contributed by atoms with E-state index >= 15 is 9.59 Å². The molecule has 2 amide bonds. The first-order valence-electron chi connectivity index (χ1n) is 22.7. The Morgan fingerprint density at radius 2 is 0.967 bits per heavy atom. The molecule has 11 heteroatoms. The van der Waals surface area contributed by atoms with Gasteiger partial charge in [0, 0.05) is 34.9 Å². The summed E-state index contributed by atoms with van der Waals surface area (Å²) in [5.41, 5.74) is 24.2. The smallest absolute Gasteiger partial charge is 0.261 e. The number of thiophene rings is 2. The summed E-state index contributed by atoms with van der Waals surface area (Å²) >= 11 is 3.19. The molecule has 0 spiro atoms. The quantitative estimate of drug-likeness (QED) is 0.0471. The fraction of sp³-hybridized carbons (Fsp3) is 0.480. The molecule has 0 radical (unpaired) electrons. The third-order valence-corrected chi connectivity index (χ3v) is 14.4. The number of ether oxygens (including phenoxy) is 2. The van der Waals surface area contributed by atoms with Crippen LogP contribution in [0.5, 0.6) is 11.5 Å². The third-order valence-electron chi connectivity index (χ3n) is 12.1. The molecule has 4 aromatic rings. The lowest BCUT2D eigenvalue weighted by molar-refractivity contribution is -0.124. The minimum atomic E-state index is -0.353. The van der Waals surface area contributed by atoms with Crippen LogP contribution < -0.4 is 26.7 Å². The van der Waals surface area contributed by atoms with Gasteiger partial charge >= 0.3 is 0 Å². The molecule has 2 aromatic carbocycles. The van der Waals surface area contributed by atoms with E-state index in [1.807, 2.05) is 46.2 Å². The van der Waals surface area contributed by atoms with Gasteiger partial charge in [-0.25, -0.2) is 0 Å². The van der Waals surface area contributed by atoms with E-state index < -0.39 is 0 Å². The molecule has 328 valence electrons. The highest BCUT2D eigenvalue weighted by Crippen LogP contribution is 2.50. The van der Waals surface area contributed by atoms with E-state index in [9.17, 15) is 0 Å². The van der Waals surface area contributed by atoms with Crippen molar-refractivity contribution >= 4 is 45.9 Å². The average molecular weight is 866 g/mol. The van der Waals surface area contributed by atoms with Gasteiger partial charge in [0.2, 0.25) is 0 Å². The molecule has 0 bridgehead atoms. The first-order chi connectivity index (χ1) is 29.6. The van der Waals surface area contributed by atoms with Crippen LogP contribution in [0.25, 0.3) is 32.3 Å². The van der Waals surface area contributed by atoms with Crippen LogP contribution in [0, 0.1) is 11.8 Å². The monoisotopic (exact) mass is 865 g/mol. The lowest BCUT2D eigenvalue weighted by Crippen LogP contribution is -2.41. The molecule has 0 saturated heterocycles. The molecule has 6 rings (SSSR count). The Labute approximate surface area is 372 Å². The molecule has 9 nitrogen and oxygen atoms in total. The molecule has 0 saturated carbocycles. The Morgan fingerprint density at radius 1 is 0.541 bits per heavy atom. The lowest BCUT2D eigenvalue weighted by atomic mass is 9.93. The fourth-order valence-electron chi connectivity index (χ4n) is 8.50. The number of amides is 2. The van der Waals surface area contributed by atoms with E-state index in [0.29, 0.717) is 42.2 Å². The molecule has 0 aliphatic carbocycles. The molecule has 5 unspecified atom stereocenters. The summed E-state index contributed by atoms with van der Waals surface area (Å²) < 4.78 is 11.9. The molecule has 2 aliphatic rings. The van der Waals surface area contributed by atoms with E-state index in [1.165, 1.54) is 0 Å². The number of carbonyl (C=O) groups excluding carboxylic acids is 2. The number of nitrogens with two attached hydrogens (primary N) is 3. The minimum Gasteiger partial charge on any atom is -0.494 e. The first kappa shape index (κ1) is 46.2. The fourth-order valence-corrected chi connectivity index (χ4v) is 10.6. The number of unbranched alkanes of at least 4 members (excludes halogenated alkanes) is 1. The van der Waals surface area contributed by atoms with Crippen molar-refractivity contribution in [2.45, 2.75) is 124 Å². The summed E-state index contributed by atoms with van der Waals surface area (Å²) in [4.78, 5) is 38.2. The van der Waals surface area contributed by atoms with Gasteiger partial charge in [0.15, 0.2) is 0 Å². The van der Waals surface area contributed by atoms with Crippen molar-refractivity contribution in [3.63, 3.8) is 0 Å². The topological polar surface area (TPSA) is 137 Å². The van der Waals surface area contributed by atoms with Crippen LogP contribution in [0.4, 0.5) is 0 Å². The van der Waals surface area contributed by atoms with Crippen LogP contribution in [0.2, 0.25) is 0 Å². The number of rotatable bonds is 24. The highest BCUT2D eigenvalue weighted by molar-refractivity contribution is 7.17. The minimum absolute atomic E-state index is 0.0541. The van der Waals surface area contributed by atoms with Crippen LogP contribution in [0.3, 0.4) is 0 Å². The van der Waals surface area contributed by atoms with Crippen LogP contribution in [0.15, 0.2) is 83.9 Å². The van der Waals surface area contributed by atoms with Gasteiger partial charge in [-0.2, -0.15) is 0 Å². The molecule has 2 aromatic heterocycles. The van der Waals surface area contributed by atoms with Crippen LogP contribution in [-0.4, -0.2) is 59.6 Å². The second-order valence-electron chi connectivity index (χ2n) is 16.5. The van der Waals surface area contributed by atoms with Gasteiger partial charge in [-0.05, 0) is 121 Å². The molecule has 4 heterocycles. The molecular formula is C50H67N5O4S2. The second-order valence-corrected chi connectivity index (χ2v) is 18.7. The van der Waals surface area contributed by atoms with Gasteiger partial charge in [-0.3, -0.25) is 15.3 Å². The van der Waals surface area contributed by atoms with E-state index in [2.05, 4.69) is 77.9 Å². The largest absolute Gasteiger partial charge is 0.494 e. The van der Waals surface area contributed by atoms with Crippen molar-refractivity contribution in [1.29, 1.82) is 0 Å². The molecule has 61 heavy (non-hydrogen) atoms. The first-order valence-corrected chi connectivity index (χ1v) is 24.3. The predicted molar refractivity (Wildman–Crippen MR) is 254 cm³/mol. The Hall–Kier alpha value is -4.26. The third kappa shape index (κ3) is 10.5. The number of benzene rings is 2. The number of nitrogens with zero attached hydrogens (tertiary/aromatic N) is 2. The van der Waals surface area contributed by atoms with Crippen molar-refractivity contribution in [3.05, 3.63) is 93.7 Å². The lowest BCUT2D eigenvalue weighted by Gasteiger charge is -2.31. The Balaban J connectivity index is 1.46. The van der Waals surface area contributed by atoms with E-state index in [0.717, 1.165) is 106 Å². The zero-order valence-corrected chi connectivity index (χ0v) is 38.7. The maximum atomic E-state index is 15.3. The van der Waals surface area contributed by atoms with Crippen LogP contribution in [-0.2, 0) is 9.59 Å². The standard InChI is InChI=1S/C50H67N5O4S2/c1-7-13-29-58-36-21-17-34(18-22-36)40-25-27-42(60-40)47-45-46(50(57)54(47)30-32(11-5)38(51)14-8-2)48(55(49(45)56)31-33(12-6)39(52)15-9-3)43-28-26-41(61-43)35-19-23-37(24-20-35)59-44(53)16-10-4/h17-28,32-33,38-39,44H,7-16,29-31,51-53H2,1-6H3. The van der Waals surface area contributed by atoms with Crippen LogP contribution in [0.1, 0.15) is 116 Å². The highest BCUT2D eigenvalue weighted by atomic mass is 32.1. The molecule has 2 aliphatic heterocycles. The second kappa shape index (κ2) is 21.7. The summed E-state index contributed by atoms with van der Waals surface area (Å²) in [5, 5.41) is 0. The predicted octanol–water partition coefficient (Wildman–Crippen LogP) is 10.9. The molecular weight excluding hydrogens is 799 g/mol. The van der Waals surface area contributed by atoms with Gasteiger partial charge in [0.05, 0.1) is 38.9 Å². The number of hydrogen-bond acceptors (Lipinski definition) is 9. The van der Waals surface area contributed by atoms with E-state index in [1.54, 1.807) is 22.7 Å². The number of fused-ring (bicyclic) bond motifs is 1. The normalized spacial score (nSPS) is 16.7. The molecule has 6 N–H and O–H groups in total. The maximum Gasteiger partial charge on any atom is 0.261 e. The van der Waals surface area contributed by atoms with Gasteiger partial charge in [0.1, 0.15) is 17.7 Å². The van der Waals surface area contributed by atoms with Crippen LogP contribution >= 0.6 is 22.7 Å². The summed E-state index contributed by atoms with van der Waals surface area (Å²) in [6.07, 6.45) is 8.73. The molecule has 5 atom stereocenters. The number of hydrogen-bond donors (Lipinski definition) is 3. The zero-order chi connectivity index (χ0) is 43.6. The van der Waals surface area contributed by atoms with Crippen molar-refractivity contribution in [3.8, 4) is 32.4 Å².